The van der Waals surface area contributed by atoms with Gasteiger partial charge in [-0.05, 0) is 18.2 Å². The van der Waals surface area contributed by atoms with Gasteiger partial charge in [-0.15, -0.1) is 0 Å². The third-order valence-electron chi connectivity index (χ3n) is 3.01. The van der Waals surface area contributed by atoms with Crippen molar-refractivity contribution in [2.24, 2.45) is 7.05 Å². The molecule has 104 valence electrons. The second-order valence-corrected chi connectivity index (χ2v) is 4.69. The van der Waals surface area contributed by atoms with Gasteiger partial charge in [0.2, 0.25) is 5.91 Å². The molecule has 0 spiro atoms. The van der Waals surface area contributed by atoms with E-state index in [0.717, 1.165) is 16.5 Å². The Morgan fingerprint density at radius 2 is 2.14 bits per heavy atom. The number of hydrogen-bond acceptors (Lipinski definition) is 3. The van der Waals surface area contributed by atoms with Crippen LogP contribution < -0.4 is 5.32 Å². The lowest BCUT2D eigenvalue weighted by Gasteiger charge is -2.03. The molecule has 0 fully saturated rings. The van der Waals surface area contributed by atoms with Crippen LogP contribution in [0.25, 0.3) is 17.0 Å². The third kappa shape index (κ3) is 3.14. The fraction of sp³-hybridized carbons (Fsp3) is 0.0625. The van der Waals surface area contributed by atoms with E-state index in [0.29, 0.717) is 5.69 Å². The van der Waals surface area contributed by atoms with Gasteiger partial charge in [0, 0.05) is 30.3 Å². The first-order chi connectivity index (χ1) is 10.2. The zero-order chi connectivity index (χ0) is 14.7. The van der Waals surface area contributed by atoms with E-state index >= 15 is 0 Å². The molecule has 5 heteroatoms. The number of carbonyl (C=O) groups excluding carboxylic acids is 1. The molecule has 2 heterocycles. The lowest BCUT2D eigenvalue weighted by Crippen LogP contribution is -2.07. The second-order valence-electron chi connectivity index (χ2n) is 4.69. The van der Waals surface area contributed by atoms with Crippen LogP contribution in [0.15, 0.2) is 55.0 Å². The quantitative estimate of drug-likeness (QED) is 0.749. The number of benzene rings is 1. The summed E-state index contributed by atoms with van der Waals surface area (Å²) in [6, 6.07) is 9.67. The molecule has 0 atom stereocenters. The summed E-state index contributed by atoms with van der Waals surface area (Å²) < 4.78 is 1.69. The van der Waals surface area contributed by atoms with Crippen molar-refractivity contribution in [3.8, 4) is 0 Å². The molecule has 1 amide bonds. The van der Waals surface area contributed by atoms with E-state index in [-0.39, 0.29) is 5.91 Å². The number of anilines is 1. The maximum atomic E-state index is 11.9. The van der Waals surface area contributed by atoms with Gasteiger partial charge in [-0.1, -0.05) is 18.2 Å². The fourth-order valence-electron chi connectivity index (χ4n) is 2.02. The molecule has 1 aromatic carbocycles. The fourth-order valence-corrected chi connectivity index (χ4v) is 2.02. The van der Waals surface area contributed by atoms with E-state index in [4.69, 9.17) is 0 Å². The van der Waals surface area contributed by atoms with Gasteiger partial charge in [-0.3, -0.25) is 14.5 Å². The molecule has 3 rings (SSSR count). The van der Waals surface area contributed by atoms with Gasteiger partial charge in [0.1, 0.15) is 0 Å². The largest absolute Gasteiger partial charge is 0.321 e. The summed E-state index contributed by atoms with van der Waals surface area (Å²) in [6.45, 7) is 0. The van der Waals surface area contributed by atoms with E-state index in [9.17, 15) is 4.79 Å². The predicted molar refractivity (Wildman–Crippen MR) is 82.6 cm³/mol. The summed E-state index contributed by atoms with van der Waals surface area (Å²) in [5.41, 5.74) is 2.46. The number of para-hydroxylation sites is 1. The molecule has 0 radical (unpaired) electrons. The minimum atomic E-state index is -0.198. The Kier molecular flexibility index (Phi) is 3.47. The van der Waals surface area contributed by atoms with E-state index in [1.54, 1.807) is 23.2 Å². The van der Waals surface area contributed by atoms with Crippen LogP contribution in [-0.2, 0) is 11.8 Å². The zero-order valence-electron chi connectivity index (χ0n) is 11.5. The molecule has 5 nitrogen and oxygen atoms in total. The van der Waals surface area contributed by atoms with Crippen LogP contribution in [0, 0.1) is 0 Å². The minimum absolute atomic E-state index is 0.198. The molecule has 0 aliphatic rings. The van der Waals surface area contributed by atoms with Crippen LogP contribution in [-0.4, -0.2) is 20.7 Å². The lowest BCUT2D eigenvalue weighted by atomic mass is 10.2. The summed E-state index contributed by atoms with van der Waals surface area (Å²) in [6.07, 6.45) is 8.38. The third-order valence-corrected chi connectivity index (χ3v) is 3.01. The van der Waals surface area contributed by atoms with Gasteiger partial charge < -0.3 is 5.32 Å². The summed E-state index contributed by atoms with van der Waals surface area (Å²) >= 11 is 0. The van der Waals surface area contributed by atoms with Crippen LogP contribution in [0.1, 0.15) is 5.56 Å². The van der Waals surface area contributed by atoms with E-state index in [1.807, 2.05) is 43.6 Å². The Labute approximate surface area is 121 Å². The molecule has 1 N–H and O–H groups in total. The number of aromatic nitrogens is 3. The summed E-state index contributed by atoms with van der Waals surface area (Å²) in [5.74, 6) is -0.198. The van der Waals surface area contributed by atoms with Crippen molar-refractivity contribution < 1.29 is 4.79 Å². The molecule has 0 unspecified atom stereocenters. The van der Waals surface area contributed by atoms with Gasteiger partial charge in [0.05, 0.1) is 23.6 Å². The zero-order valence-corrected chi connectivity index (χ0v) is 11.5. The van der Waals surface area contributed by atoms with Crippen molar-refractivity contribution in [3.05, 3.63) is 60.6 Å². The van der Waals surface area contributed by atoms with Crippen LogP contribution in [0.5, 0.6) is 0 Å². The smallest absolute Gasteiger partial charge is 0.248 e. The Hall–Kier alpha value is -2.95. The molecular formula is C16H14N4O. The van der Waals surface area contributed by atoms with Crippen LogP contribution >= 0.6 is 0 Å². The van der Waals surface area contributed by atoms with E-state index < -0.39 is 0 Å². The van der Waals surface area contributed by atoms with Crippen molar-refractivity contribution in [3.63, 3.8) is 0 Å². The van der Waals surface area contributed by atoms with Crippen molar-refractivity contribution >= 4 is 28.6 Å². The molecule has 0 aliphatic heterocycles. The van der Waals surface area contributed by atoms with Crippen molar-refractivity contribution in [2.45, 2.75) is 0 Å². The van der Waals surface area contributed by atoms with E-state index in [1.165, 1.54) is 6.08 Å². The Balaban J connectivity index is 1.72. The van der Waals surface area contributed by atoms with Gasteiger partial charge >= 0.3 is 0 Å². The maximum absolute atomic E-state index is 11.9. The Bertz CT molecular complexity index is 820. The lowest BCUT2D eigenvalue weighted by molar-refractivity contribution is -0.111. The number of pyridine rings is 1. The molecule has 0 saturated carbocycles. The van der Waals surface area contributed by atoms with Crippen LogP contribution in [0.3, 0.4) is 0 Å². The highest BCUT2D eigenvalue weighted by Gasteiger charge is 2.01. The van der Waals surface area contributed by atoms with Gasteiger partial charge in [-0.2, -0.15) is 5.10 Å². The molecule has 0 aliphatic carbocycles. The molecular weight excluding hydrogens is 264 g/mol. The molecule has 0 bridgehead atoms. The number of hydrogen-bond donors (Lipinski definition) is 1. The summed E-state index contributed by atoms with van der Waals surface area (Å²) in [4.78, 5) is 16.2. The average molecular weight is 278 g/mol. The number of amides is 1. The number of carbonyl (C=O) groups is 1. The number of nitrogens with one attached hydrogen (secondary N) is 1. The maximum Gasteiger partial charge on any atom is 0.248 e. The highest BCUT2D eigenvalue weighted by atomic mass is 16.1. The first kappa shape index (κ1) is 13.1. The highest BCUT2D eigenvalue weighted by molar-refractivity contribution is 6.02. The average Bonchev–Trinajstić information content (AvgIpc) is 2.91. The minimum Gasteiger partial charge on any atom is -0.321 e. The molecule has 3 aromatic rings. The standard InChI is InChI=1S/C16H14N4O/c1-20-11-12(9-18-20)6-7-16(21)19-14-8-13-4-2-3-5-15(13)17-10-14/h2-11H,1H3,(H,19,21)/b7-6-. The van der Waals surface area contributed by atoms with Crippen LogP contribution in [0.2, 0.25) is 0 Å². The predicted octanol–water partition coefficient (Wildman–Crippen LogP) is 2.62. The summed E-state index contributed by atoms with van der Waals surface area (Å²) in [5, 5.41) is 7.82. The normalized spacial score (nSPS) is 11.1. The molecule has 2 aromatic heterocycles. The summed E-state index contributed by atoms with van der Waals surface area (Å²) in [7, 11) is 1.83. The second kappa shape index (κ2) is 5.58. The highest BCUT2D eigenvalue weighted by Crippen LogP contribution is 2.16. The SMILES string of the molecule is Cn1cc(/C=C\C(=O)Nc2cnc3ccccc3c2)cn1. The number of aryl methyl sites for hydroxylation is 1. The Morgan fingerprint density at radius 3 is 2.95 bits per heavy atom. The molecule has 0 saturated heterocycles. The monoisotopic (exact) mass is 278 g/mol. The number of rotatable bonds is 3. The topological polar surface area (TPSA) is 59.8 Å². The van der Waals surface area contributed by atoms with Gasteiger partial charge in [-0.25, -0.2) is 0 Å². The molecule has 21 heavy (non-hydrogen) atoms. The van der Waals surface area contributed by atoms with Gasteiger partial charge in [0.15, 0.2) is 0 Å². The van der Waals surface area contributed by atoms with Crippen molar-refractivity contribution in [1.29, 1.82) is 0 Å². The van der Waals surface area contributed by atoms with E-state index in [2.05, 4.69) is 15.4 Å². The van der Waals surface area contributed by atoms with Crippen LogP contribution in [0.4, 0.5) is 5.69 Å². The first-order valence-electron chi connectivity index (χ1n) is 6.53. The van der Waals surface area contributed by atoms with Crippen molar-refractivity contribution in [2.75, 3.05) is 5.32 Å². The van der Waals surface area contributed by atoms with Crippen molar-refractivity contribution in [1.82, 2.24) is 14.8 Å². The number of nitrogens with zero attached hydrogens (tertiary/aromatic N) is 3. The first-order valence-corrected chi connectivity index (χ1v) is 6.53. The number of fused-ring (bicyclic) bond motifs is 1. The Morgan fingerprint density at radius 1 is 1.29 bits per heavy atom. The van der Waals surface area contributed by atoms with Gasteiger partial charge in [0.25, 0.3) is 0 Å².